The third-order valence-corrected chi connectivity index (χ3v) is 4.76. The van der Waals surface area contributed by atoms with Crippen LogP contribution in [0.3, 0.4) is 0 Å². The van der Waals surface area contributed by atoms with Crippen LogP contribution in [-0.4, -0.2) is 23.5 Å². The third kappa shape index (κ3) is 3.94. The van der Waals surface area contributed by atoms with E-state index in [1.54, 1.807) is 18.9 Å². The zero-order valence-electron chi connectivity index (χ0n) is 12.0. The molecule has 2 rings (SSSR count). The van der Waals surface area contributed by atoms with E-state index in [9.17, 15) is 0 Å². The van der Waals surface area contributed by atoms with Crippen molar-refractivity contribution in [3.8, 4) is 5.75 Å². The molecule has 0 aliphatic rings. The number of ether oxygens (including phenoxy) is 1. The van der Waals surface area contributed by atoms with Crippen LogP contribution >= 0.6 is 23.3 Å². The average molecular weight is 309 g/mol. The highest BCUT2D eigenvalue weighted by Gasteiger charge is 2.08. The molecule has 6 heteroatoms. The molecule has 0 amide bonds. The van der Waals surface area contributed by atoms with Gasteiger partial charge in [-0.1, -0.05) is 24.8 Å². The van der Waals surface area contributed by atoms with E-state index in [0.717, 1.165) is 34.6 Å². The fourth-order valence-corrected chi connectivity index (χ4v) is 3.51. The van der Waals surface area contributed by atoms with Crippen LogP contribution in [0.4, 0.5) is 0 Å². The van der Waals surface area contributed by atoms with Gasteiger partial charge in [0.25, 0.3) is 0 Å². The Bertz CT molecular complexity index is 557. The van der Waals surface area contributed by atoms with Crippen LogP contribution in [0.2, 0.25) is 0 Å². The molecule has 0 saturated carbocycles. The van der Waals surface area contributed by atoms with E-state index in [0.29, 0.717) is 0 Å². The van der Waals surface area contributed by atoms with Crippen LogP contribution in [0, 0.1) is 0 Å². The predicted molar refractivity (Wildman–Crippen MR) is 84.6 cm³/mol. The van der Waals surface area contributed by atoms with Crippen molar-refractivity contribution < 1.29 is 4.74 Å². The second kappa shape index (κ2) is 7.61. The van der Waals surface area contributed by atoms with Gasteiger partial charge in [0.05, 0.1) is 7.11 Å². The molecule has 4 nitrogen and oxygen atoms in total. The number of hydrogen-bond acceptors (Lipinski definition) is 6. The first-order valence-corrected chi connectivity index (χ1v) is 8.28. The van der Waals surface area contributed by atoms with Crippen LogP contribution < -0.4 is 10.1 Å². The highest BCUT2D eigenvalue weighted by atomic mass is 32.2. The number of aryl methyl sites for hydroxylation is 1. The van der Waals surface area contributed by atoms with Gasteiger partial charge in [0, 0.05) is 24.3 Å². The van der Waals surface area contributed by atoms with Gasteiger partial charge in [-0.3, -0.25) is 0 Å². The lowest BCUT2D eigenvalue weighted by Crippen LogP contribution is -2.05. The molecule has 2 aromatic rings. The fourth-order valence-electron chi connectivity index (χ4n) is 1.84. The SMILES string of the molecule is CCc1nsc(SCc2cc(CNC)ccc2OC)n1. The standard InChI is InChI=1S/C14H19N3OS2/c1-4-13-16-14(20-17-13)19-9-11-7-10(8-15-2)5-6-12(11)18-3/h5-7,15H,4,8-9H2,1-3H3. The number of methoxy groups -OCH3 is 1. The highest BCUT2D eigenvalue weighted by molar-refractivity contribution is 8.00. The normalized spacial score (nSPS) is 10.8. The number of thioether (sulfide) groups is 1. The number of nitrogens with one attached hydrogen (secondary N) is 1. The maximum atomic E-state index is 5.43. The van der Waals surface area contributed by atoms with Gasteiger partial charge in [-0.05, 0) is 36.3 Å². The van der Waals surface area contributed by atoms with Crippen LogP contribution in [-0.2, 0) is 18.7 Å². The number of hydrogen-bond donors (Lipinski definition) is 1. The molecule has 1 heterocycles. The lowest BCUT2D eigenvalue weighted by molar-refractivity contribution is 0.411. The van der Waals surface area contributed by atoms with Crippen molar-refractivity contribution in [3.63, 3.8) is 0 Å². The van der Waals surface area contributed by atoms with Gasteiger partial charge in [0.2, 0.25) is 0 Å². The van der Waals surface area contributed by atoms with Crippen LogP contribution in [0.5, 0.6) is 5.75 Å². The first kappa shape index (κ1) is 15.3. The molecule has 108 valence electrons. The third-order valence-electron chi connectivity index (χ3n) is 2.84. The first-order valence-electron chi connectivity index (χ1n) is 6.52. The maximum absolute atomic E-state index is 5.43. The summed E-state index contributed by atoms with van der Waals surface area (Å²) in [6.07, 6.45) is 0.887. The summed E-state index contributed by atoms with van der Waals surface area (Å²) in [7, 11) is 3.66. The Morgan fingerprint density at radius 1 is 1.40 bits per heavy atom. The summed E-state index contributed by atoms with van der Waals surface area (Å²) < 4.78 is 10.7. The van der Waals surface area contributed by atoms with Crippen molar-refractivity contribution in [1.29, 1.82) is 0 Å². The van der Waals surface area contributed by atoms with Gasteiger partial charge in [-0.2, -0.15) is 4.37 Å². The van der Waals surface area contributed by atoms with Crippen molar-refractivity contribution in [2.75, 3.05) is 14.2 Å². The van der Waals surface area contributed by atoms with E-state index in [1.165, 1.54) is 22.7 Å². The smallest absolute Gasteiger partial charge is 0.170 e. The molecule has 0 unspecified atom stereocenters. The fraction of sp³-hybridized carbons (Fsp3) is 0.429. The molecule has 1 aromatic carbocycles. The molecule has 0 aliphatic heterocycles. The summed E-state index contributed by atoms with van der Waals surface area (Å²) >= 11 is 3.18. The van der Waals surface area contributed by atoms with Crippen molar-refractivity contribution in [3.05, 3.63) is 35.2 Å². The molecule has 0 aliphatic carbocycles. The highest BCUT2D eigenvalue weighted by Crippen LogP contribution is 2.29. The molecule has 0 fully saturated rings. The first-order chi connectivity index (χ1) is 9.76. The minimum absolute atomic E-state index is 0.846. The molecule has 0 saturated heterocycles. The van der Waals surface area contributed by atoms with Crippen LogP contribution in [0.1, 0.15) is 23.9 Å². The van der Waals surface area contributed by atoms with Crippen LogP contribution in [0.25, 0.3) is 0 Å². The second-order valence-electron chi connectivity index (χ2n) is 4.30. The van der Waals surface area contributed by atoms with Crippen molar-refractivity contribution in [2.45, 2.75) is 30.0 Å². The number of nitrogens with zero attached hydrogens (tertiary/aromatic N) is 2. The largest absolute Gasteiger partial charge is 0.496 e. The average Bonchev–Trinajstić information content (AvgIpc) is 2.93. The predicted octanol–water partition coefficient (Wildman–Crippen LogP) is 3.12. The molecular weight excluding hydrogens is 290 g/mol. The Morgan fingerprint density at radius 2 is 2.25 bits per heavy atom. The minimum atomic E-state index is 0.846. The van der Waals surface area contributed by atoms with E-state index in [1.807, 2.05) is 13.1 Å². The van der Waals surface area contributed by atoms with Gasteiger partial charge < -0.3 is 10.1 Å². The van der Waals surface area contributed by atoms with Gasteiger partial charge >= 0.3 is 0 Å². The quantitative estimate of drug-likeness (QED) is 0.796. The summed E-state index contributed by atoms with van der Waals surface area (Å²) in [5, 5.41) is 3.17. The summed E-state index contributed by atoms with van der Waals surface area (Å²) in [6.45, 7) is 2.93. The Balaban J connectivity index is 2.08. The summed E-state index contributed by atoms with van der Waals surface area (Å²) in [6, 6.07) is 6.30. The Labute approximate surface area is 128 Å². The van der Waals surface area contributed by atoms with Crippen LogP contribution in [0.15, 0.2) is 22.5 Å². The Hall–Kier alpha value is -1.11. The van der Waals surface area contributed by atoms with Crippen molar-refractivity contribution >= 4 is 23.3 Å². The van der Waals surface area contributed by atoms with Crippen molar-refractivity contribution in [2.24, 2.45) is 0 Å². The topological polar surface area (TPSA) is 47.0 Å². The molecule has 1 aromatic heterocycles. The summed E-state index contributed by atoms with van der Waals surface area (Å²) in [4.78, 5) is 4.48. The molecule has 0 spiro atoms. The van der Waals surface area contributed by atoms with E-state index >= 15 is 0 Å². The minimum Gasteiger partial charge on any atom is -0.496 e. The van der Waals surface area contributed by atoms with E-state index in [4.69, 9.17) is 4.74 Å². The van der Waals surface area contributed by atoms with Crippen molar-refractivity contribution in [1.82, 2.24) is 14.7 Å². The van der Waals surface area contributed by atoms with Gasteiger partial charge in [0.15, 0.2) is 4.34 Å². The zero-order valence-corrected chi connectivity index (χ0v) is 13.6. The lowest BCUT2D eigenvalue weighted by Gasteiger charge is -2.10. The van der Waals surface area contributed by atoms with E-state index < -0.39 is 0 Å². The Morgan fingerprint density at radius 3 is 2.90 bits per heavy atom. The maximum Gasteiger partial charge on any atom is 0.170 e. The molecule has 0 bridgehead atoms. The molecule has 0 atom stereocenters. The molecular formula is C14H19N3OS2. The van der Waals surface area contributed by atoms with Gasteiger partial charge in [-0.25, -0.2) is 4.98 Å². The van der Waals surface area contributed by atoms with Gasteiger partial charge in [0.1, 0.15) is 11.6 Å². The molecule has 20 heavy (non-hydrogen) atoms. The second-order valence-corrected chi connectivity index (χ2v) is 6.27. The summed E-state index contributed by atoms with van der Waals surface area (Å²) in [5.74, 6) is 2.70. The summed E-state index contributed by atoms with van der Waals surface area (Å²) in [5.41, 5.74) is 2.45. The monoisotopic (exact) mass is 309 g/mol. The zero-order chi connectivity index (χ0) is 14.4. The Kier molecular flexibility index (Phi) is 5.82. The number of rotatable bonds is 7. The van der Waals surface area contributed by atoms with E-state index in [2.05, 4.69) is 33.7 Å². The number of benzene rings is 1. The van der Waals surface area contributed by atoms with E-state index in [-0.39, 0.29) is 0 Å². The molecule has 1 N–H and O–H groups in total. The number of aromatic nitrogens is 2. The van der Waals surface area contributed by atoms with Gasteiger partial charge in [-0.15, -0.1) is 0 Å². The lowest BCUT2D eigenvalue weighted by atomic mass is 10.1. The molecule has 0 radical (unpaired) electrons.